The SMILES string of the molecule is CC1[CH][SiH](C)N[SiH](C)[CH]1. The van der Waals surface area contributed by atoms with Gasteiger partial charge in [-0.1, -0.05) is 20.0 Å². The number of hydrogen-bond acceptors (Lipinski definition) is 1. The lowest BCUT2D eigenvalue weighted by atomic mass is 10.3. The first-order valence-electron chi connectivity index (χ1n) is 3.64. The largest absolute Gasteiger partial charge is 0.364 e. The molecule has 1 N–H and O–H groups in total. The van der Waals surface area contributed by atoms with Gasteiger partial charge in [-0.25, -0.2) is 0 Å². The molecular formula is C6H15NSi2. The second kappa shape index (κ2) is 2.99. The van der Waals surface area contributed by atoms with E-state index < -0.39 is 17.9 Å². The van der Waals surface area contributed by atoms with Crippen LogP contribution >= 0.6 is 0 Å². The molecule has 1 aliphatic rings. The lowest BCUT2D eigenvalue weighted by Gasteiger charge is -2.28. The summed E-state index contributed by atoms with van der Waals surface area (Å²) in [5, 5.41) is 0. The molecule has 2 radical (unpaired) electrons. The van der Waals surface area contributed by atoms with Crippen LogP contribution in [-0.4, -0.2) is 17.9 Å². The molecule has 1 heterocycles. The molecule has 1 nitrogen and oxygen atoms in total. The first-order chi connectivity index (χ1) is 4.18. The summed E-state index contributed by atoms with van der Waals surface area (Å²) in [5.41, 5.74) is 0. The van der Waals surface area contributed by atoms with Gasteiger partial charge in [0.1, 0.15) is 17.9 Å². The van der Waals surface area contributed by atoms with Gasteiger partial charge in [0, 0.05) is 0 Å². The average Bonchev–Trinajstić information content (AvgIpc) is 1.59. The predicted molar refractivity (Wildman–Crippen MR) is 46.9 cm³/mol. The molecule has 2 unspecified atom stereocenters. The van der Waals surface area contributed by atoms with Gasteiger partial charge in [-0.15, -0.1) is 0 Å². The monoisotopic (exact) mass is 157 g/mol. The zero-order chi connectivity index (χ0) is 6.85. The molecule has 0 aromatic carbocycles. The topological polar surface area (TPSA) is 12.0 Å². The molecule has 52 valence electrons. The van der Waals surface area contributed by atoms with Crippen molar-refractivity contribution < 1.29 is 0 Å². The Balaban J connectivity index is 2.34. The molecule has 0 aliphatic carbocycles. The Morgan fingerprint density at radius 3 is 2.00 bits per heavy atom. The van der Waals surface area contributed by atoms with E-state index in [1.165, 1.54) is 0 Å². The van der Waals surface area contributed by atoms with Crippen molar-refractivity contribution in [2.45, 2.75) is 20.0 Å². The minimum atomic E-state index is -0.555. The third kappa shape index (κ3) is 2.23. The zero-order valence-corrected chi connectivity index (χ0v) is 8.70. The fraction of sp³-hybridized carbons (Fsp3) is 0.667. The van der Waals surface area contributed by atoms with Gasteiger partial charge in [0.15, 0.2) is 0 Å². The average molecular weight is 157 g/mol. The highest BCUT2D eigenvalue weighted by atomic mass is 28.3. The molecule has 0 saturated carbocycles. The van der Waals surface area contributed by atoms with E-state index in [1.54, 1.807) is 0 Å². The van der Waals surface area contributed by atoms with Crippen molar-refractivity contribution >= 4 is 17.9 Å². The maximum absolute atomic E-state index is 3.68. The molecule has 0 amide bonds. The molecule has 0 bridgehead atoms. The van der Waals surface area contributed by atoms with E-state index in [2.05, 4.69) is 36.8 Å². The van der Waals surface area contributed by atoms with Gasteiger partial charge in [-0.3, -0.25) is 0 Å². The maximum atomic E-state index is 3.68. The third-order valence-electron chi connectivity index (χ3n) is 1.71. The van der Waals surface area contributed by atoms with Crippen molar-refractivity contribution in [3.63, 3.8) is 0 Å². The van der Waals surface area contributed by atoms with Crippen LogP contribution in [0.4, 0.5) is 0 Å². The van der Waals surface area contributed by atoms with Gasteiger partial charge in [0.2, 0.25) is 0 Å². The maximum Gasteiger partial charge on any atom is 0.102 e. The summed E-state index contributed by atoms with van der Waals surface area (Å²) < 4.78 is 3.68. The second-order valence-corrected chi connectivity index (χ2v) is 8.25. The molecular weight excluding hydrogens is 142 g/mol. The summed E-state index contributed by atoms with van der Waals surface area (Å²) in [7, 11) is -1.11. The van der Waals surface area contributed by atoms with E-state index in [-0.39, 0.29) is 0 Å². The van der Waals surface area contributed by atoms with Crippen LogP contribution in [-0.2, 0) is 0 Å². The fourth-order valence-corrected chi connectivity index (χ4v) is 8.04. The van der Waals surface area contributed by atoms with Gasteiger partial charge < -0.3 is 4.65 Å². The van der Waals surface area contributed by atoms with Gasteiger partial charge in [-0.2, -0.15) is 0 Å². The van der Waals surface area contributed by atoms with Crippen LogP contribution in [0, 0.1) is 18.0 Å². The van der Waals surface area contributed by atoms with Crippen molar-refractivity contribution in [1.82, 2.24) is 4.65 Å². The number of rotatable bonds is 0. The first kappa shape index (κ1) is 7.50. The van der Waals surface area contributed by atoms with E-state index >= 15 is 0 Å². The highest BCUT2D eigenvalue weighted by Crippen LogP contribution is 2.12. The van der Waals surface area contributed by atoms with Gasteiger partial charge in [-0.05, 0) is 18.0 Å². The van der Waals surface area contributed by atoms with Crippen molar-refractivity contribution in [2.75, 3.05) is 0 Å². The second-order valence-electron chi connectivity index (χ2n) is 2.99. The summed E-state index contributed by atoms with van der Waals surface area (Å²) in [6.45, 7) is 7.04. The van der Waals surface area contributed by atoms with Crippen LogP contribution in [0.1, 0.15) is 6.92 Å². The van der Waals surface area contributed by atoms with Gasteiger partial charge in [0.05, 0.1) is 0 Å². The smallest absolute Gasteiger partial charge is 0.102 e. The summed E-state index contributed by atoms with van der Waals surface area (Å²) in [6.07, 6.45) is 0. The summed E-state index contributed by atoms with van der Waals surface area (Å²) >= 11 is 0. The molecule has 0 spiro atoms. The molecule has 1 rings (SSSR count). The Morgan fingerprint density at radius 2 is 1.67 bits per heavy atom. The van der Waals surface area contributed by atoms with Crippen molar-refractivity contribution in [2.24, 2.45) is 5.92 Å². The van der Waals surface area contributed by atoms with Crippen molar-refractivity contribution in [1.29, 1.82) is 0 Å². The highest BCUT2D eigenvalue weighted by Gasteiger charge is 2.21. The normalized spacial score (nSPS) is 45.0. The Bertz CT molecular complexity index is 72.0. The van der Waals surface area contributed by atoms with Crippen LogP contribution in [0.2, 0.25) is 13.1 Å². The summed E-state index contributed by atoms with van der Waals surface area (Å²) in [6, 6.07) is 4.99. The fourth-order valence-electron chi connectivity index (χ4n) is 1.50. The molecule has 1 saturated heterocycles. The molecule has 0 aromatic heterocycles. The summed E-state index contributed by atoms with van der Waals surface area (Å²) in [5.74, 6) is 0.801. The molecule has 9 heavy (non-hydrogen) atoms. The lowest BCUT2D eigenvalue weighted by Crippen LogP contribution is -2.49. The standard InChI is InChI=1S/C6H15NSi2/c1-6-4-8(2)7-9(3)5-6/h4-9H,1-3H3. The lowest BCUT2D eigenvalue weighted by molar-refractivity contribution is 0.850. The molecule has 3 heteroatoms. The Kier molecular flexibility index (Phi) is 2.49. The van der Waals surface area contributed by atoms with E-state index in [0.717, 1.165) is 5.92 Å². The van der Waals surface area contributed by atoms with E-state index in [9.17, 15) is 0 Å². The van der Waals surface area contributed by atoms with Crippen LogP contribution in [0.5, 0.6) is 0 Å². The molecule has 2 atom stereocenters. The summed E-state index contributed by atoms with van der Waals surface area (Å²) in [4.78, 5) is 0. The van der Waals surface area contributed by atoms with Crippen LogP contribution < -0.4 is 4.65 Å². The van der Waals surface area contributed by atoms with Crippen molar-refractivity contribution in [3.8, 4) is 0 Å². The molecule has 1 aliphatic heterocycles. The van der Waals surface area contributed by atoms with Gasteiger partial charge in [0.25, 0.3) is 0 Å². The third-order valence-corrected chi connectivity index (χ3v) is 8.29. The quantitative estimate of drug-likeness (QED) is 0.503. The number of hydrogen-bond donors (Lipinski definition) is 1. The number of nitrogens with one attached hydrogen (secondary N) is 1. The van der Waals surface area contributed by atoms with Crippen LogP contribution in [0.15, 0.2) is 0 Å². The van der Waals surface area contributed by atoms with Crippen LogP contribution in [0.3, 0.4) is 0 Å². The molecule has 0 aromatic rings. The highest BCUT2D eigenvalue weighted by molar-refractivity contribution is 6.77. The van der Waals surface area contributed by atoms with E-state index in [0.29, 0.717) is 0 Å². The van der Waals surface area contributed by atoms with Crippen LogP contribution in [0.25, 0.3) is 0 Å². The van der Waals surface area contributed by atoms with Gasteiger partial charge >= 0.3 is 0 Å². The Hall–Kier alpha value is 0.394. The Morgan fingerprint density at radius 1 is 1.22 bits per heavy atom. The van der Waals surface area contributed by atoms with E-state index in [4.69, 9.17) is 0 Å². The predicted octanol–water partition coefficient (Wildman–Crippen LogP) is 0.420. The zero-order valence-electron chi connectivity index (χ0n) is 6.39. The Labute approximate surface area is 61.2 Å². The van der Waals surface area contributed by atoms with E-state index in [1.807, 2.05) is 0 Å². The minimum absolute atomic E-state index is 0.555. The van der Waals surface area contributed by atoms with Crippen molar-refractivity contribution in [3.05, 3.63) is 12.1 Å². The molecule has 1 fully saturated rings. The first-order valence-corrected chi connectivity index (χ1v) is 8.44. The minimum Gasteiger partial charge on any atom is -0.364 e.